The van der Waals surface area contributed by atoms with Crippen LogP contribution in [0.25, 0.3) is 6.08 Å². The van der Waals surface area contributed by atoms with Crippen LogP contribution in [0, 0.1) is 5.82 Å². The molecule has 0 aliphatic rings. The second-order valence-electron chi connectivity index (χ2n) is 3.98. The topological polar surface area (TPSA) is 51.2 Å². The highest BCUT2D eigenvalue weighted by Crippen LogP contribution is 2.15. The van der Waals surface area contributed by atoms with Gasteiger partial charge in [0.15, 0.2) is 5.82 Å². The van der Waals surface area contributed by atoms with Crippen molar-refractivity contribution in [2.24, 2.45) is 0 Å². The van der Waals surface area contributed by atoms with Crippen molar-refractivity contribution in [2.45, 2.75) is 6.61 Å². The summed E-state index contributed by atoms with van der Waals surface area (Å²) in [4.78, 5) is 15.4. The van der Waals surface area contributed by atoms with Gasteiger partial charge in [0, 0.05) is 0 Å². The van der Waals surface area contributed by atoms with Crippen molar-refractivity contribution in [3.05, 3.63) is 66.2 Å². The maximum Gasteiger partial charge on any atom is 0.412 e. The zero-order chi connectivity index (χ0) is 14.4. The molecule has 2 rings (SSSR count). The van der Waals surface area contributed by atoms with Gasteiger partial charge in [-0.15, -0.1) is 0 Å². The summed E-state index contributed by atoms with van der Waals surface area (Å²) in [5, 5.41) is 2.33. The van der Waals surface area contributed by atoms with Gasteiger partial charge in [0.1, 0.15) is 6.61 Å². The average Bonchev–Trinajstić information content (AvgIpc) is 2.48. The Labute approximate surface area is 115 Å². The molecule has 0 saturated carbocycles. The third kappa shape index (κ3) is 3.65. The van der Waals surface area contributed by atoms with Crippen LogP contribution in [-0.2, 0) is 11.3 Å². The van der Waals surface area contributed by atoms with Gasteiger partial charge >= 0.3 is 6.09 Å². The van der Waals surface area contributed by atoms with Crippen molar-refractivity contribution in [3.63, 3.8) is 0 Å². The molecule has 0 spiro atoms. The molecule has 5 heteroatoms. The third-order valence-electron chi connectivity index (χ3n) is 2.54. The second kappa shape index (κ2) is 6.47. The highest BCUT2D eigenvalue weighted by atomic mass is 19.1. The van der Waals surface area contributed by atoms with E-state index < -0.39 is 11.9 Å². The number of anilines is 1. The summed E-state index contributed by atoms with van der Waals surface area (Å²) >= 11 is 0. The molecule has 0 bridgehead atoms. The van der Waals surface area contributed by atoms with Gasteiger partial charge in [-0.3, -0.25) is 10.3 Å². The first-order valence-corrected chi connectivity index (χ1v) is 5.94. The van der Waals surface area contributed by atoms with Crippen LogP contribution in [0.3, 0.4) is 0 Å². The number of halogens is 1. The Morgan fingerprint density at radius 3 is 2.85 bits per heavy atom. The number of carbonyl (C=O) groups is 1. The molecule has 1 aromatic carbocycles. The first kappa shape index (κ1) is 13.7. The molecule has 0 aliphatic heterocycles. The summed E-state index contributed by atoms with van der Waals surface area (Å²) in [5.41, 5.74) is 1.32. The number of carbonyl (C=O) groups excluding carboxylic acids is 1. The normalized spacial score (nSPS) is 9.85. The van der Waals surface area contributed by atoms with E-state index in [1.165, 1.54) is 12.1 Å². The Hall–Kier alpha value is -2.69. The predicted octanol–water partition coefficient (Wildman–Crippen LogP) is 3.61. The number of hydrogen-bond acceptors (Lipinski definition) is 3. The molecule has 2 aromatic rings. The van der Waals surface area contributed by atoms with Gasteiger partial charge in [0.2, 0.25) is 0 Å². The van der Waals surface area contributed by atoms with Crippen LogP contribution < -0.4 is 5.32 Å². The SMILES string of the molecule is C=Cc1cc(NC(=O)OCc2ccccc2)c(F)cn1. The summed E-state index contributed by atoms with van der Waals surface area (Å²) in [5.74, 6) is -0.632. The molecule has 1 amide bonds. The smallest absolute Gasteiger partial charge is 0.412 e. The number of benzene rings is 1. The van der Waals surface area contributed by atoms with Gasteiger partial charge in [-0.25, -0.2) is 9.18 Å². The fourth-order valence-corrected chi connectivity index (χ4v) is 1.53. The quantitative estimate of drug-likeness (QED) is 0.925. The Morgan fingerprint density at radius 1 is 1.40 bits per heavy atom. The maximum atomic E-state index is 13.5. The summed E-state index contributed by atoms with van der Waals surface area (Å²) in [6.07, 6.45) is 1.75. The van der Waals surface area contributed by atoms with Crippen LogP contribution in [0.5, 0.6) is 0 Å². The molecule has 0 radical (unpaired) electrons. The molecular weight excluding hydrogens is 259 g/mol. The molecule has 1 heterocycles. The first-order chi connectivity index (χ1) is 9.69. The summed E-state index contributed by atoms with van der Waals surface area (Å²) in [6.45, 7) is 3.65. The van der Waals surface area contributed by atoms with Crippen molar-refractivity contribution in [1.82, 2.24) is 4.98 Å². The van der Waals surface area contributed by atoms with E-state index in [2.05, 4.69) is 16.9 Å². The van der Waals surface area contributed by atoms with E-state index in [-0.39, 0.29) is 12.3 Å². The summed E-state index contributed by atoms with van der Waals surface area (Å²) < 4.78 is 18.5. The monoisotopic (exact) mass is 272 g/mol. The average molecular weight is 272 g/mol. The molecule has 4 nitrogen and oxygen atoms in total. The minimum Gasteiger partial charge on any atom is -0.444 e. The van der Waals surface area contributed by atoms with Crippen molar-refractivity contribution in [1.29, 1.82) is 0 Å². The molecule has 0 aliphatic carbocycles. The van der Waals surface area contributed by atoms with E-state index in [0.717, 1.165) is 11.8 Å². The molecule has 1 aromatic heterocycles. The van der Waals surface area contributed by atoms with Gasteiger partial charge in [0.05, 0.1) is 17.6 Å². The van der Waals surface area contributed by atoms with E-state index in [1.54, 1.807) is 0 Å². The lowest BCUT2D eigenvalue weighted by Gasteiger charge is -2.08. The number of pyridine rings is 1. The molecule has 0 fully saturated rings. The Bertz CT molecular complexity index is 615. The lowest BCUT2D eigenvalue weighted by atomic mass is 10.2. The number of nitrogens with one attached hydrogen (secondary N) is 1. The minimum absolute atomic E-state index is 0.00737. The van der Waals surface area contributed by atoms with Crippen molar-refractivity contribution in [2.75, 3.05) is 5.32 Å². The highest BCUT2D eigenvalue weighted by Gasteiger charge is 2.09. The zero-order valence-electron chi connectivity index (χ0n) is 10.7. The number of nitrogens with zero attached hydrogens (tertiary/aromatic N) is 1. The van der Waals surface area contributed by atoms with Gasteiger partial charge in [-0.1, -0.05) is 36.9 Å². The van der Waals surface area contributed by atoms with Gasteiger partial charge in [-0.2, -0.15) is 0 Å². The fraction of sp³-hybridized carbons (Fsp3) is 0.0667. The molecule has 102 valence electrons. The maximum absolute atomic E-state index is 13.5. The van der Waals surface area contributed by atoms with Gasteiger partial charge in [0.25, 0.3) is 0 Å². The van der Waals surface area contributed by atoms with E-state index >= 15 is 0 Å². The summed E-state index contributed by atoms with van der Waals surface area (Å²) in [7, 11) is 0. The standard InChI is InChI=1S/C15H13FN2O2/c1-2-12-8-14(13(16)9-17-12)18-15(19)20-10-11-6-4-3-5-7-11/h2-9H,1,10H2,(H,17,18,19). The van der Waals surface area contributed by atoms with Crippen molar-refractivity contribution >= 4 is 17.9 Å². The third-order valence-corrected chi connectivity index (χ3v) is 2.54. The van der Waals surface area contributed by atoms with E-state index in [0.29, 0.717) is 5.69 Å². The number of hydrogen-bond donors (Lipinski definition) is 1. The van der Waals surface area contributed by atoms with Crippen LogP contribution in [0.4, 0.5) is 14.9 Å². The number of rotatable bonds is 4. The van der Waals surface area contributed by atoms with E-state index in [1.807, 2.05) is 30.3 Å². The fourth-order valence-electron chi connectivity index (χ4n) is 1.53. The zero-order valence-corrected chi connectivity index (χ0v) is 10.7. The van der Waals surface area contributed by atoms with Crippen LogP contribution in [0.1, 0.15) is 11.3 Å². The Kier molecular flexibility index (Phi) is 4.44. The molecule has 20 heavy (non-hydrogen) atoms. The van der Waals surface area contributed by atoms with Crippen LogP contribution in [0.2, 0.25) is 0 Å². The van der Waals surface area contributed by atoms with Crippen LogP contribution >= 0.6 is 0 Å². The predicted molar refractivity (Wildman–Crippen MR) is 74.5 cm³/mol. The summed E-state index contributed by atoms with van der Waals surface area (Å²) in [6, 6.07) is 10.6. The lowest BCUT2D eigenvalue weighted by molar-refractivity contribution is 0.155. The van der Waals surface area contributed by atoms with Gasteiger partial charge < -0.3 is 4.74 Å². The Balaban J connectivity index is 1.96. The number of ether oxygens (including phenoxy) is 1. The van der Waals surface area contributed by atoms with E-state index in [4.69, 9.17) is 4.74 Å². The van der Waals surface area contributed by atoms with Crippen molar-refractivity contribution in [3.8, 4) is 0 Å². The molecule has 0 atom stereocenters. The lowest BCUT2D eigenvalue weighted by Crippen LogP contribution is -2.14. The number of aromatic nitrogens is 1. The highest BCUT2D eigenvalue weighted by molar-refractivity contribution is 5.85. The molecule has 0 saturated heterocycles. The molecular formula is C15H13FN2O2. The molecule has 0 unspecified atom stereocenters. The van der Waals surface area contributed by atoms with Crippen LogP contribution in [0.15, 0.2) is 49.2 Å². The molecule has 1 N–H and O–H groups in total. The second-order valence-corrected chi connectivity index (χ2v) is 3.98. The Morgan fingerprint density at radius 2 is 2.15 bits per heavy atom. The first-order valence-electron chi connectivity index (χ1n) is 5.94. The van der Waals surface area contributed by atoms with E-state index in [9.17, 15) is 9.18 Å². The van der Waals surface area contributed by atoms with Crippen molar-refractivity contribution < 1.29 is 13.9 Å². The van der Waals surface area contributed by atoms with Gasteiger partial charge in [-0.05, 0) is 17.7 Å². The minimum atomic E-state index is -0.728. The number of amides is 1. The van der Waals surface area contributed by atoms with Crippen LogP contribution in [-0.4, -0.2) is 11.1 Å². The largest absolute Gasteiger partial charge is 0.444 e.